The molecule has 5 nitrogen and oxygen atoms in total. The van der Waals surface area contributed by atoms with E-state index in [9.17, 15) is 9.18 Å². The fourth-order valence-corrected chi connectivity index (χ4v) is 2.30. The molecule has 1 aromatic heterocycles. The Labute approximate surface area is 138 Å². The third-order valence-corrected chi connectivity index (χ3v) is 3.54. The molecule has 1 heterocycles. The molecule has 6 heteroatoms. The number of hydrogen-bond acceptors (Lipinski definition) is 3. The number of ether oxygens (including phenoxy) is 1. The Bertz CT molecular complexity index is 855. The molecule has 0 saturated heterocycles. The van der Waals surface area contributed by atoms with Crippen LogP contribution >= 0.6 is 0 Å². The first-order chi connectivity index (χ1) is 11.6. The number of nitrogens with one attached hydrogen (secondary N) is 1. The fourth-order valence-electron chi connectivity index (χ4n) is 2.30. The number of halogens is 1. The van der Waals surface area contributed by atoms with E-state index in [0.717, 1.165) is 17.1 Å². The van der Waals surface area contributed by atoms with Crippen LogP contribution in [0.4, 0.5) is 10.1 Å². The van der Waals surface area contributed by atoms with Crippen molar-refractivity contribution >= 4 is 11.6 Å². The van der Waals surface area contributed by atoms with Gasteiger partial charge < -0.3 is 10.1 Å². The standard InChI is InChI=1S/C18H16FN3O2/c1-12-11-17(18(23)20-14-5-3-13(19)4-6-14)21-22(12)15-7-9-16(24-2)10-8-15/h3-11H,1-2H3,(H,20,23). The van der Waals surface area contributed by atoms with Crippen molar-refractivity contribution in [3.8, 4) is 11.4 Å². The van der Waals surface area contributed by atoms with Gasteiger partial charge in [-0.05, 0) is 61.5 Å². The first-order valence-electron chi connectivity index (χ1n) is 7.35. The van der Waals surface area contributed by atoms with Crippen LogP contribution in [0.2, 0.25) is 0 Å². The minimum absolute atomic E-state index is 0.285. The van der Waals surface area contributed by atoms with Gasteiger partial charge in [0.25, 0.3) is 5.91 Å². The molecule has 0 aliphatic heterocycles. The van der Waals surface area contributed by atoms with E-state index in [0.29, 0.717) is 5.69 Å². The molecule has 24 heavy (non-hydrogen) atoms. The van der Waals surface area contributed by atoms with Gasteiger partial charge in [-0.15, -0.1) is 0 Å². The van der Waals surface area contributed by atoms with Gasteiger partial charge in [-0.2, -0.15) is 5.10 Å². The SMILES string of the molecule is COc1ccc(-n2nc(C(=O)Nc3ccc(F)cc3)cc2C)cc1. The lowest BCUT2D eigenvalue weighted by Crippen LogP contribution is -2.13. The van der Waals surface area contributed by atoms with Gasteiger partial charge in [0.2, 0.25) is 0 Å². The zero-order chi connectivity index (χ0) is 17.1. The maximum atomic E-state index is 12.9. The number of methoxy groups -OCH3 is 1. The van der Waals surface area contributed by atoms with E-state index in [1.165, 1.54) is 24.3 Å². The molecule has 0 saturated carbocycles. The number of nitrogens with zero attached hydrogens (tertiary/aromatic N) is 2. The van der Waals surface area contributed by atoms with Crippen LogP contribution in [-0.2, 0) is 0 Å². The quantitative estimate of drug-likeness (QED) is 0.797. The predicted molar refractivity (Wildman–Crippen MR) is 89.2 cm³/mol. The summed E-state index contributed by atoms with van der Waals surface area (Å²) in [6, 6.07) is 14.7. The Morgan fingerprint density at radius 1 is 1.12 bits per heavy atom. The highest BCUT2D eigenvalue weighted by Crippen LogP contribution is 2.17. The summed E-state index contributed by atoms with van der Waals surface area (Å²) in [5, 5.41) is 7.03. The van der Waals surface area contributed by atoms with Gasteiger partial charge in [0.1, 0.15) is 11.6 Å². The van der Waals surface area contributed by atoms with E-state index in [2.05, 4.69) is 10.4 Å². The molecule has 3 rings (SSSR count). The Hall–Kier alpha value is -3.15. The van der Waals surface area contributed by atoms with E-state index >= 15 is 0 Å². The van der Waals surface area contributed by atoms with Crippen LogP contribution in [0.1, 0.15) is 16.2 Å². The van der Waals surface area contributed by atoms with Crippen LogP contribution in [0.25, 0.3) is 5.69 Å². The number of amides is 1. The van der Waals surface area contributed by atoms with E-state index in [1.54, 1.807) is 17.9 Å². The number of anilines is 1. The highest BCUT2D eigenvalue weighted by molar-refractivity contribution is 6.02. The smallest absolute Gasteiger partial charge is 0.276 e. The number of carbonyl (C=O) groups is 1. The summed E-state index contributed by atoms with van der Waals surface area (Å²) in [5.74, 6) is 0.0439. The molecule has 0 unspecified atom stereocenters. The molecule has 1 amide bonds. The summed E-state index contributed by atoms with van der Waals surface area (Å²) >= 11 is 0. The molecule has 0 aliphatic rings. The van der Waals surface area contributed by atoms with Gasteiger partial charge in [-0.3, -0.25) is 4.79 Å². The topological polar surface area (TPSA) is 56.2 Å². The largest absolute Gasteiger partial charge is 0.497 e. The highest BCUT2D eigenvalue weighted by atomic mass is 19.1. The Morgan fingerprint density at radius 2 is 1.79 bits per heavy atom. The molecular weight excluding hydrogens is 309 g/mol. The molecule has 0 fully saturated rings. The number of rotatable bonds is 4. The summed E-state index contributed by atoms with van der Waals surface area (Å²) < 4.78 is 19.7. The third kappa shape index (κ3) is 3.27. The second-order valence-electron chi connectivity index (χ2n) is 5.24. The van der Waals surface area contributed by atoms with E-state index < -0.39 is 0 Å². The first-order valence-corrected chi connectivity index (χ1v) is 7.35. The summed E-state index contributed by atoms with van der Waals surface area (Å²) in [6.45, 7) is 1.87. The van der Waals surface area contributed by atoms with E-state index in [-0.39, 0.29) is 17.4 Å². The summed E-state index contributed by atoms with van der Waals surface area (Å²) in [6.07, 6.45) is 0. The van der Waals surface area contributed by atoms with Crippen molar-refractivity contribution in [2.45, 2.75) is 6.92 Å². The molecule has 0 bridgehead atoms. The van der Waals surface area contributed by atoms with Crippen LogP contribution in [0.5, 0.6) is 5.75 Å². The Balaban J connectivity index is 1.82. The minimum atomic E-state index is -0.354. The van der Waals surface area contributed by atoms with Crippen molar-refractivity contribution in [1.29, 1.82) is 0 Å². The number of aryl methyl sites for hydroxylation is 1. The molecule has 0 spiro atoms. The molecule has 2 aromatic carbocycles. The van der Waals surface area contributed by atoms with Gasteiger partial charge in [-0.1, -0.05) is 0 Å². The lowest BCUT2D eigenvalue weighted by Gasteiger charge is -2.05. The molecule has 1 N–H and O–H groups in total. The number of aromatic nitrogens is 2. The maximum absolute atomic E-state index is 12.9. The van der Waals surface area contributed by atoms with Crippen molar-refractivity contribution in [2.24, 2.45) is 0 Å². The van der Waals surface area contributed by atoms with E-state index in [1.807, 2.05) is 31.2 Å². The maximum Gasteiger partial charge on any atom is 0.276 e. The first kappa shape index (κ1) is 15.7. The Kier molecular flexibility index (Phi) is 4.29. The third-order valence-electron chi connectivity index (χ3n) is 3.54. The predicted octanol–water partition coefficient (Wildman–Crippen LogP) is 3.58. The summed E-state index contributed by atoms with van der Waals surface area (Å²) in [4.78, 5) is 12.3. The number of benzene rings is 2. The van der Waals surface area contributed by atoms with Crippen LogP contribution in [0.15, 0.2) is 54.6 Å². The lowest BCUT2D eigenvalue weighted by atomic mass is 10.3. The number of hydrogen-bond donors (Lipinski definition) is 1. The molecule has 0 aliphatic carbocycles. The lowest BCUT2D eigenvalue weighted by molar-refractivity contribution is 0.102. The monoisotopic (exact) mass is 325 g/mol. The molecule has 0 radical (unpaired) electrons. The molecule has 3 aromatic rings. The van der Waals surface area contributed by atoms with Crippen LogP contribution < -0.4 is 10.1 Å². The molecular formula is C18H16FN3O2. The van der Waals surface area contributed by atoms with Gasteiger partial charge >= 0.3 is 0 Å². The van der Waals surface area contributed by atoms with E-state index in [4.69, 9.17) is 4.74 Å². The second-order valence-corrected chi connectivity index (χ2v) is 5.24. The van der Waals surface area contributed by atoms with Gasteiger partial charge in [0, 0.05) is 11.4 Å². The number of carbonyl (C=O) groups excluding carboxylic acids is 1. The van der Waals surface area contributed by atoms with Gasteiger partial charge in [0.15, 0.2) is 5.69 Å². The molecule has 0 atom stereocenters. The van der Waals surface area contributed by atoms with Gasteiger partial charge in [-0.25, -0.2) is 9.07 Å². The minimum Gasteiger partial charge on any atom is -0.497 e. The zero-order valence-corrected chi connectivity index (χ0v) is 13.3. The van der Waals surface area contributed by atoms with Crippen molar-refractivity contribution in [1.82, 2.24) is 9.78 Å². The highest BCUT2D eigenvalue weighted by Gasteiger charge is 2.13. The van der Waals surface area contributed by atoms with Crippen LogP contribution in [0, 0.1) is 12.7 Å². The molecule has 122 valence electrons. The van der Waals surface area contributed by atoms with Crippen LogP contribution in [-0.4, -0.2) is 22.8 Å². The second kappa shape index (κ2) is 6.54. The van der Waals surface area contributed by atoms with Crippen molar-refractivity contribution in [3.63, 3.8) is 0 Å². The normalized spacial score (nSPS) is 10.5. The van der Waals surface area contributed by atoms with Gasteiger partial charge in [0.05, 0.1) is 12.8 Å². The summed E-state index contributed by atoms with van der Waals surface area (Å²) in [5.41, 5.74) is 2.45. The fraction of sp³-hybridized carbons (Fsp3) is 0.111. The summed E-state index contributed by atoms with van der Waals surface area (Å²) in [7, 11) is 1.60. The average Bonchev–Trinajstić information content (AvgIpc) is 2.99. The van der Waals surface area contributed by atoms with Crippen molar-refractivity contribution in [3.05, 3.63) is 71.8 Å². The Morgan fingerprint density at radius 3 is 2.42 bits per heavy atom. The zero-order valence-electron chi connectivity index (χ0n) is 13.3. The van der Waals surface area contributed by atoms with Crippen molar-refractivity contribution < 1.29 is 13.9 Å². The van der Waals surface area contributed by atoms with Crippen LogP contribution in [0.3, 0.4) is 0 Å². The van der Waals surface area contributed by atoms with Crippen molar-refractivity contribution in [2.75, 3.05) is 12.4 Å². The average molecular weight is 325 g/mol.